The first-order chi connectivity index (χ1) is 8.32. The van der Waals surface area contributed by atoms with Gasteiger partial charge in [0.1, 0.15) is 4.90 Å². The maximum absolute atomic E-state index is 11.0. The molecular formula is C13H17NO3S. The van der Waals surface area contributed by atoms with Gasteiger partial charge in [-0.2, -0.15) is 8.42 Å². The van der Waals surface area contributed by atoms with Crippen molar-refractivity contribution < 1.29 is 13.0 Å². The summed E-state index contributed by atoms with van der Waals surface area (Å²) in [4.78, 5) is 1.95. The van der Waals surface area contributed by atoms with Crippen LogP contribution in [0.1, 0.15) is 0 Å². The third-order valence-electron chi connectivity index (χ3n) is 2.03. The van der Waals surface area contributed by atoms with Crippen LogP contribution in [0, 0.1) is 0 Å². The molecule has 0 aliphatic rings. The van der Waals surface area contributed by atoms with E-state index in [9.17, 15) is 8.42 Å². The smallest absolute Gasteiger partial charge is 0.295 e. The molecule has 0 atom stereocenters. The lowest BCUT2D eigenvalue weighted by Gasteiger charge is -2.02. The van der Waals surface area contributed by atoms with Gasteiger partial charge < -0.3 is 4.90 Å². The first-order valence-electron chi connectivity index (χ1n) is 5.38. The Morgan fingerprint density at radius 1 is 0.944 bits per heavy atom. The molecular weight excluding hydrogens is 250 g/mol. The number of benzene rings is 2. The van der Waals surface area contributed by atoms with E-state index >= 15 is 0 Å². The van der Waals surface area contributed by atoms with Gasteiger partial charge in [0.15, 0.2) is 0 Å². The van der Waals surface area contributed by atoms with Gasteiger partial charge in [0.25, 0.3) is 10.1 Å². The van der Waals surface area contributed by atoms with Gasteiger partial charge in [-0.15, -0.1) is 0 Å². The van der Waals surface area contributed by atoms with E-state index < -0.39 is 10.1 Å². The Hall–Kier alpha value is -1.43. The second-order valence-electron chi connectivity index (χ2n) is 4.29. The Labute approximate surface area is 108 Å². The second kappa shape index (κ2) is 5.95. The van der Waals surface area contributed by atoms with Crippen LogP contribution >= 0.6 is 0 Å². The van der Waals surface area contributed by atoms with Crippen molar-refractivity contribution >= 4 is 20.9 Å². The van der Waals surface area contributed by atoms with Crippen LogP contribution in [0.15, 0.2) is 47.4 Å². The zero-order valence-corrected chi connectivity index (χ0v) is 11.5. The Morgan fingerprint density at radius 3 is 2.00 bits per heavy atom. The minimum absolute atomic E-state index is 0.0457. The van der Waals surface area contributed by atoms with E-state index in [1.807, 2.05) is 32.1 Å². The molecule has 4 nitrogen and oxygen atoms in total. The summed E-state index contributed by atoms with van der Waals surface area (Å²) in [6.45, 7) is 0. The molecule has 0 aliphatic carbocycles. The van der Waals surface area contributed by atoms with E-state index in [2.05, 4.69) is 0 Å². The quantitative estimate of drug-likeness (QED) is 0.805. The molecule has 0 unspecified atom stereocenters. The minimum Gasteiger partial charge on any atom is -0.312 e. The second-order valence-corrected chi connectivity index (χ2v) is 5.68. The monoisotopic (exact) mass is 267 g/mol. The predicted octanol–water partition coefficient (Wildman–Crippen LogP) is 2.26. The summed E-state index contributed by atoms with van der Waals surface area (Å²) in [5, 5.41) is 1.33. The fraction of sp³-hybridized carbons (Fsp3) is 0.231. The highest BCUT2D eigenvalue weighted by molar-refractivity contribution is 7.86. The van der Waals surface area contributed by atoms with E-state index in [-0.39, 0.29) is 4.90 Å². The molecule has 0 amide bonds. The van der Waals surface area contributed by atoms with Crippen molar-refractivity contribution in [2.75, 3.05) is 21.1 Å². The number of nitrogens with zero attached hydrogens (tertiary/aromatic N) is 1. The summed E-state index contributed by atoms with van der Waals surface area (Å²) in [5.74, 6) is 0. The van der Waals surface area contributed by atoms with Crippen LogP contribution in [0.25, 0.3) is 10.8 Å². The van der Waals surface area contributed by atoms with Gasteiger partial charge in [-0.1, -0.05) is 36.4 Å². The van der Waals surface area contributed by atoms with E-state index in [4.69, 9.17) is 4.55 Å². The zero-order chi connectivity index (χ0) is 13.8. The molecule has 18 heavy (non-hydrogen) atoms. The molecule has 0 aliphatic heterocycles. The summed E-state index contributed by atoms with van der Waals surface area (Å²) in [7, 11) is 1.87. The van der Waals surface area contributed by atoms with Crippen LogP contribution in [0.2, 0.25) is 0 Å². The van der Waals surface area contributed by atoms with Crippen molar-refractivity contribution in [3.63, 3.8) is 0 Å². The van der Waals surface area contributed by atoms with Crippen LogP contribution in [0.5, 0.6) is 0 Å². The van der Waals surface area contributed by atoms with Crippen molar-refractivity contribution in [3.8, 4) is 0 Å². The van der Waals surface area contributed by atoms with Gasteiger partial charge in [0.2, 0.25) is 0 Å². The third-order valence-corrected chi connectivity index (χ3v) is 2.94. The molecule has 2 rings (SSSR count). The van der Waals surface area contributed by atoms with Crippen LogP contribution < -0.4 is 0 Å². The minimum atomic E-state index is -4.13. The number of rotatable bonds is 1. The fourth-order valence-corrected chi connectivity index (χ4v) is 2.13. The number of fused-ring (bicyclic) bond motifs is 1. The molecule has 0 heterocycles. The lowest BCUT2D eigenvalue weighted by atomic mass is 10.1. The first-order valence-corrected chi connectivity index (χ1v) is 6.82. The van der Waals surface area contributed by atoms with Gasteiger partial charge in [-0.3, -0.25) is 4.55 Å². The maximum Gasteiger partial charge on any atom is 0.295 e. The van der Waals surface area contributed by atoms with Crippen molar-refractivity contribution in [2.24, 2.45) is 0 Å². The van der Waals surface area contributed by atoms with E-state index in [1.165, 1.54) is 6.07 Å². The molecule has 0 aromatic heterocycles. The molecule has 2 aromatic rings. The summed E-state index contributed by atoms with van der Waals surface area (Å²) < 4.78 is 31.0. The first kappa shape index (κ1) is 14.6. The van der Waals surface area contributed by atoms with Crippen molar-refractivity contribution in [1.29, 1.82) is 0 Å². The molecule has 0 saturated heterocycles. The Morgan fingerprint density at radius 2 is 1.44 bits per heavy atom. The average molecular weight is 267 g/mol. The van der Waals surface area contributed by atoms with E-state index in [1.54, 1.807) is 30.3 Å². The topological polar surface area (TPSA) is 57.6 Å². The molecule has 0 radical (unpaired) electrons. The maximum atomic E-state index is 11.0. The van der Waals surface area contributed by atoms with Crippen LogP contribution in [-0.4, -0.2) is 39.0 Å². The van der Waals surface area contributed by atoms with E-state index in [0.717, 1.165) is 5.39 Å². The molecule has 98 valence electrons. The van der Waals surface area contributed by atoms with Gasteiger partial charge in [-0.25, -0.2) is 0 Å². The van der Waals surface area contributed by atoms with Crippen LogP contribution in [0.3, 0.4) is 0 Å². The van der Waals surface area contributed by atoms with Gasteiger partial charge in [0.05, 0.1) is 0 Å². The Bertz CT molecular complexity index is 613. The molecule has 0 bridgehead atoms. The highest BCUT2D eigenvalue weighted by atomic mass is 32.2. The molecule has 0 saturated carbocycles. The van der Waals surface area contributed by atoms with Gasteiger partial charge in [0, 0.05) is 5.39 Å². The molecule has 2 aromatic carbocycles. The molecule has 0 spiro atoms. The highest BCUT2D eigenvalue weighted by Gasteiger charge is 2.12. The summed E-state index contributed by atoms with van der Waals surface area (Å²) in [6, 6.07) is 11.8. The lowest BCUT2D eigenvalue weighted by molar-refractivity contribution is 0.484. The van der Waals surface area contributed by atoms with Crippen molar-refractivity contribution in [3.05, 3.63) is 42.5 Å². The molecule has 0 fully saturated rings. The summed E-state index contributed by atoms with van der Waals surface area (Å²) >= 11 is 0. The normalized spacial score (nSPS) is 11.2. The predicted molar refractivity (Wildman–Crippen MR) is 73.4 cm³/mol. The van der Waals surface area contributed by atoms with Gasteiger partial charge in [-0.05, 0) is 32.6 Å². The number of hydrogen-bond donors (Lipinski definition) is 1. The SMILES string of the molecule is CN(C)C.O=S(=O)(O)c1cccc2ccccc12. The van der Waals surface area contributed by atoms with Crippen LogP contribution in [0.4, 0.5) is 0 Å². The van der Waals surface area contributed by atoms with Crippen LogP contribution in [-0.2, 0) is 10.1 Å². The number of hydrogen-bond acceptors (Lipinski definition) is 3. The summed E-state index contributed by atoms with van der Waals surface area (Å²) in [6.07, 6.45) is 0. The molecule has 1 N–H and O–H groups in total. The molecule has 5 heteroatoms. The van der Waals surface area contributed by atoms with E-state index in [0.29, 0.717) is 5.39 Å². The largest absolute Gasteiger partial charge is 0.312 e. The summed E-state index contributed by atoms with van der Waals surface area (Å²) in [5.41, 5.74) is 0. The van der Waals surface area contributed by atoms with Crippen molar-refractivity contribution in [1.82, 2.24) is 4.90 Å². The third kappa shape index (κ3) is 4.10. The van der Waals surface area contributed by atoms with Gasteiger partial charge >= 0.3 is 0 Å². The fourth-order valence-electron chi connectivity index (χ4n) is 1.42. The Balaban J connectivity index is 0.000000357. The zero-order valence-electron chi connectivity index (χ0n) is 10.7. The lowest BCUT2D eigenvalue weighted by Crippen LogP contribution is -1.99. The average Bonchev–Trinajstić information content (AvgIpc) is 2.26. The van der Waals surface area contributed by atoms with Crippen molar-refractivity contribution in [2.45, 2.75) is 4.90 Å². The standard InChI is InChI=1S/C10H8O3S.C3H9N/c11-14(12,13)10-7-3-5-8-4-1-2-6-9(8)10;1-4(2)3/h1-7H,(H,11,12,13);1-3H3. The highest BCUT2D eigenvalue weighted by Crippen LogP contribution is 2.21. The Kier molecular flexibility index (Phi) is 4.84.